The van der Waals surface area contributed by atoms with Crippen LogP contribution in [-0.4, -0.2) is 17.4 Å². The van der Waals surface area contributed by atoms with Crippen molar-refractivity contribution in [1.29, 1.82) is 0 Å². The van der Waals surface area contributed by atoms with Crippen LogP contribution in [-0.2, 0) is 0 Å². The van der Waals surface area contributed by atoms with E-state index in [1.807, 2.05) is 12.1 Å². The van der Waals surface area contributed by atoms with Gasteiger partial charge in [0, 0.05) is 12.7 Å². The molecule has 0 fully saturated rings. The molecular formula is C12H13N3OS. The molecule has 0 unspecified atom stereocenters. The number of hydrogen-bond acceptors (Lipinski definition) is 4. The Kier molecular flexibility index (Phi) is 3.39. The van der Waals surface area contributed by atoms with Gasteiger partial charge in [0.05, 0.1) is 10.4 Å². The zero-order valence-corrected chi connectivity index (χ0v) is 10.1. The fourth-order valence-corrected chi connectivity index (χ4v) is 2.48. The van der Waals surface area contributed by atoms with Crippen LogP contribution in [0.3, 0.4) is 0 Å². The van der Waals surface area contributed by atoms with Crippen molar-refractivity contribution in [1.82, 2.24) is 10.3 Å². The Hall–Kier alpha value is -1.88. The molecule has 4 nitrogen and oxygen atoms in total. The number of amides is 1. The summed E-state index contributed by atoms with van der Waals surface area (Å²) < 4.78 is 0.930. The van der Waals surface area contributed by atoms with Gasteiger partial charge in [0.15, 0.2) is 0 Å². The zero-order valence-electron chi connectivity index (χ0n) is 9.27. The summed E-state index contributed by atoms with van der Waals surface area (Å²) in [6.07, 6.45) is 4.18. The first-order chi connectivity index (χ1) is 8.24. The number of nitrogens with zero attached hydrogens (tertiary/aromatic N) is 1. The van der Waals surface area contributed by atoms with Crippen molar-refractivity contribution in [3.63, 3.8) is 0 Å². The lowest BCUT2D eigenvalue weighted by molar-refractivity contribution is 0.0959. The van der Waals surface area contributed by atoms with Crippen LogP contribution in [0.25, 0.3) is 10.2 Å². The van der Waals surface area contributed by atoms with Gasteiger partial charge in [-0.05, 0) is 18.6 Å². The third kappa shape index (κ3) is 2.29. The number of fused-ring (bicyclic) bond motifs is 1. The van der Waals surface area contributed by atoms with Crippen LogP contribution in [0.4, 0.5) is 5.69 Å². The molecule has 0 aliphatic rings. The minimum atomic E-state index is -0.146. The Morgan fingerprint density at radius 1 is 1.65 bits per heavy atom. The number of anilines is 1. The van der Waals surface area contributed by atoms with Gasteiger partial charge in [-0.1, -0.05) is 6.08 Å². The monoisotopic (exact) mass is 247 g/mol. The Labute approximate surface area is 103 Å². The lowest BCUT2D eigenvalue weighted by Gasteiger charge is -2.01. The molecule has 0 bridgehead atoms. The molecule has 17 heavy (non-hydrogen) atoms. The first-order valence-electron chi connectivity index (χ1n) is 5.26. The largest absolute Gasteiger partial charge is 0.396 e. The van der Waals surface area contributed by atoms with E-state index in [0.717, 1.165) is 11.1 Å². The predicted molar refractivity (Wildman–Crippen MR) is 71.2 cm³/mol. The highest BCUT2D eigenvalue weighted by atomic mass is 32.1. The quantitative estimate of drug-likeness (QED) is 0.642. The van der Waals surface area contributed by atoms with E-state index >= 15 is 0 Å². The van der Waals surface area contributed by atoms with Crippen molar-refractivity contribution in [2.24, 2.45) is 0 Å². The van der Waals surface area contributed by atoms with Crippen molar-refractivity contribution < 1.29 is 4.79 Å². The first-order valence-corrected chi connectivity index (χ1v) is 6.07. The van der Waals surface area contributed by atoms with Crippen LogP contribution in [0, 0.1) is 0 Å². The lowest BCUT2D eigenvalue weighted by atomic mass is 10.3. The van der Waals surface area contributed by atoms with Gasteiger partial charge in [-0.3, -0.25) is 9.78 Å². The molecule has 5 heteroatoms. The summed E-state index contributed by atoms with van der Waals surface area (Å²) in [4.78, 5) is 16.6. The highest BCUT2D eigenvalue weighted by Crippen LogP contribution is 2.31. The average Bonchev–Trinajstić information content (AvgIpc) is 2.68. The summed E-state index contributed by atoms with van der Waals surface area (Å²) in [5.74, 6) is -0.146. The molecule has 2 aromatic rings. The summed E-state index contributed by atoms with van der Waals surface area (Å²) in [5.41, 5.74) is 7.07. The van der Waals surface area contributed by atoms with Crippen molar-refractivity contribution in [3.8, 4) is 0 Å². The highest BCUT2D eigenvalue weighted by Gasteiger charge is 2.16. The molecule has 1 amide bonds. The number of rotatable bonds is 4. The molecule has 0 spiro atoms. The van der Waals surface area contributed by atoms with Crippen LogP contribution in [0.15, 0.2) is 31.0 Å². The number of carbonyl (C=O) groups excluding carboxylic acids is 1. The molecule has 0 aromatic carbocycles. The van der Waals surface area contributed by atoms with Crippen molar-refractivity contribution >= 4 is 33.1 Å². The minimum absolute atomic E-state index is 0.146. The second-order valence-corrected chi connectivity index (χ2v) is 4.58. The van der Waals surface area contributed by atoms with Gasteiger partial charge in [0.25, 0.3) is 5.91 Å². The number of pyridine rings is 1. The number of nitrogen functional groups attached to an aromatic ring is 1. The van der Waals surface area contributed by atoms with Crippen molar-refractivity contribution in [3.05, 3.63) is 35.9 Å². The maximum absolute atomic E-state index is 11.9. The van der Waals surface area contributed by atoms with Gasteiger partial charge in [0.2, 0.25) is 0 Å². The molecule has 0 saturated carbocycles. The molecule has 88 valence electrons. The normalized spacial score (nSPS) is 10.4. The Morgan fingerprint density at radius 3 is 3.18 bits per heavy atom. The summed E-state index contributed by atoms with van der Waals surface area (Å²) >= 11 is 1.36. The average molecular weight is 247 g/mol. The Morgan fingerprint density at radius 2 is 2.47 bits per heavy atom. The fraction of sp³-hybridized carbons (Fsp3) is 0.167. The number of carbonyl (C=O) groups is 1. The number of nitrogens with two attached hydrogens (primary N) is 1. The molecule has 0 atom stereocenters. The fourth-order valence-electron chi connectivity index (χ4n) is 1.48. The summed E-state index contributed by atoms with van der Waals surface area (Å²) in [6, 6.07) is 3.74. The number of hydrogen-bond donors (Lipinski definition) is 2. The second-order valence-electron chi connectivity index (χ2n) is 3.53. The van der Waals surface area contributed by atoms with Crippen molar-refractivity contribution in [2.75, 3.05) is 12.3 Å². The van der Waals surface area contributed by atoms with Crippen LogP contribution in [0.1, 0.15) is 16.1 Å². The third-order valence-electron chi connectivity index (χ3n) is 2.32. The maximum atomic E-state index is 11.9. The molecule has 0 radical (unpaired) electrons. The second kappa shape index (κ2) is 4.97. The van der Waals surface area contributed by atoms with E-state index < -0.39 is 0 Å². The number of thiophene rings is 1. The molecule has 2 rings (SSSR count). The highest BCUT2D eigenvalue weighted by molar-refractivity contribution is 7.21. The van der Waals surface area contributed by atoms with Gasteiger partial charge >= 0.3 is 0 Å². The van der Waals surface area contributed by atoms with Gasteiger partial charge in [-0.15, -0.1) is 17.9 Å². The van der Waals surface area contributed by atoms with E-state index in [4.69, 9.17) is 5.73 Å². The van der Waals surface area contributed by atoms with E-state index in [9.17, 15) is 4.79 Å². The minimum Gasteiger partial charge on any atom is -0.396 e. The van der Waals surface area contributed by atoms with Gasteiger partial charge in [-0.25, -0.2) is 0 Å². The molecule has 0 aliphatic carbocycles. The molecule has 0 aliphatic heterocycles. The van der Waals surface area contributed by atoms with E-state index in [2.05, 4.69) is 16.9 Å². The van der Waals surface area contributed by atoms with Crippen LogP contribution in [0.5, 0.6) is 0 Å². The predicted octanol–water partition coefficient (Wildman–Crippen LogP) is 2.18. The van der Waals surface area contributed by atoms with Crippen LogP contribution >= 0.6 is 11.3 Å². The molecule has 2 aromatic heterocycles. The molecule has 3 N–H and O–H groups in total. The third-order valence-corrected chi connectivity index (χ3v) is 3.48. The van der Waals surface area contributed by atoms with Gasteiger partial charge in [-0.2, -0.15) is 0 Å². The topological polar surface area (TPSA) is 68.0 Å². The standard InChI is InChI=1S/C12H13N3OS/c1-2-3-6-15-12(16)11-9(13)10-8(17-11)5-4-7-14-10/h2,4-5,7H,1,3,6,13H2,(H,15,16). The SMILES string of the molecule is C=CCCNC(=O)c1sc2cccnc2c1N. The van der Waals surface area contributed by atoms with E-state index in [1.165, 1.54) is 11.3 Å². The van der Waals surface area contributed by atoms with Crippen LogP contribution < -0.4 is 11.1 Å². The summed E-state index contributed by atoms with van der Waals surface area (Å²) in [6.45, 7) is 4.17. The summed E-state index contributed by atoms with van der Waals surface area (Å²) in [7, 11) is 0. The van der Waals surface area contributed by atoms with E-state index in [-0.39, 0.29) is 5.91 Å². The Bertz CT molecular complexity index is 562. The first kappa shape index (κ1) is 11.6. The van der Waals surface area contributed by atoms with Crippen LogP contribution in [0.2, 0.25) is 0 Å². The van der Waals surface area contributed by atoms with Crippen molar-refractivity contribution in [2.45, 2.75) is 6.42 Å². The maximum Gasteiger partial charge on any atom is 0.263 e. The molecular weight excluding hydrogens is 234 g/mol. The number of nitrogens with one attached hydrogen (secondary N) is 1. The summed E-state index contributed by atoms with van der Waals surface area (Å²) in [5, 5.41) is 2.79. The lowest BCUT2D eigenvalue weighted by Crippen LogP contribution is -2.23. The van der Waals surface area contributed by atoms with E-state index in [1.54, 1.807) is 12.3 Å². The molecule has 0 saturated heterocycles. The van der Waals surface area contributed by atoms with Gasteiger partial charge < -0.3 is 11.1 Å². The smallest absolute Gasteiger partial charge is 0.263 e. The molecule has 2 heterocycles. The zero-order chi connectivity index (χ0) is 12.3. The Balaban J connectivity index is 2.26. The van der Waals surface area contributed by atoms with Gasteiger partial charge in [0.1, 0.15) is 10.4 Å². The number of aromatic nitrogens is 1. The van der Waals surface area contributed by atoms with E-state index in [0.29, 0.717) is 22.6 Å².